The topological polar surface area (TPSA) is 46.2 Å². The fourth-order valence-electron chi connectivity index (χ4n) is 0.867. The molecule has 0 spiro atoms. The summed E-state index contributed by atoms with van der Waals surface area (Å²) in [6.07, 6.45) is 2.10. The van der Waals surface area contributed by atoms with Crippen LogP contribution in [0, 0.1) is 5.92 Å². The van der Waals surface area contributed by atoms with Crippen molar-refractivity contribution in [1.82, 2.24) is 0 Å². The Morgan fingerprint density at radius 2 is 2.00 bits per heavy atom. The number of halogens is 1. The summed E-state index contributed by atoms with van der Waals surface area (Å²) in [4.78, 5) is 0. The summed E-state index contributed by atoms with van der Waals surface area (Å²) in [6, 6.07) is -0.0394. The van der Waals surface area contributed by atoms with Crippen LogP contribution in [-0.2, 0) is 0 Å². The smallest absolute Gasteiger partial charge is 0.0716 e. The summed E-state index contributed by atoms with van der Waals surface area (Å²) in [7, 11) is 0. The first kappa shape index (κ1) is 9.21. The van der Waals surface area contributed by atoms with Crippen LogP contribution in [0.1, 0.15) is 19.8 Å². The maximum absolute atomic E-state index is 9.14. The third-order valence-corrected chi connectivity index (χ3v) is 1.64. The van der Waals surface area contributed by atoms with Crippen molar-refractivity contribution in [1.29, 1.82) is 0 Å². The Kier molecular flexibility index (Phi) is 3.48. The van der Waals surface area contributed by atoms with Gasteiger partial charge in [0.05, 0.1) is 6.10 Å². The molecule has 0 saturated heterocycles. The minimum Gasteiger partial charge on any atom is -0.391 e. The van der Waals surface area contributed by atoms with Crippen molar-refractivity contribution in [2.24, 2.45) is 11.7 Å². The lowest BCUT2D eigenvalue weighted by Gasteiger charge is -2.11. The molecule has 3 N–H and O–H groups in total. The van der Waals surface area contributed by atoms with Crippen molar-refractivity contribution in [3.8, 4) is 0 Å². The lowest BCUT2D eigenvalue weighted by molar-refractivity contribution is 0.128. The van der Waals surface area contributed by atoms with E-state index in [1.54, 1.807) is 0 Å². The number of hydrogen-bond acceptors (Lipinski definition) is 2. The number of rotatable bonds is 2. The van der Waals surface area contributed by atoms with Gasteiger partial charge in [0, 0.05) is 6.04 Å². The quantitative estimate of drug-likeness (QED) is 0.605. The molecule has 0 heterocycles. The van der Waals surface area contributed by atoms with Crippen LogP contribution < -0.4 is 5.73 Å². The molecule has 1 rings (SSSR count). The van der Waals surface area contributed by atoms with Crippen molar-refractivity contribution < 1.29 is 5.11 Å². The third-order valence-electron chi connectivity index (χ3n) is 1.64. The first-order valence-corrected chi connectivity index (χ1v) is 3.15. The zero-order valence-corrected chi connectivity index (χ0v) is 6.40. The first-order valence-electron chi connectivity index (χ1n) is 3.15. The number of hydrogen-bond donors (Lipinski definition) is 2. The maximum atomic E-state index is 9.14. The molecular weight excluding hydrogens is 138 g/mol. The van der Waals surface area contributed by atoms with Crippen LogP contribution in [0.25, 0.3) is 0 Å². The van der Waals surface area contributed by atoms with E-state index in [2.05, 4.69) is 0 Å². The van der Waals surface area contributed by atoms with Gasteiger partial charge in [0.25, 0.3) is 0 Å². The molecule has 0 bridgehead atoms. The van der Waals surface area contributed by atoms with Gasteiger partial charge in [-0.15, -0.1) is 12.4 Å². The number of nitrogens with two attached hydrogens (primary N) is 1. The summed E-state index contributed by atoms with van der Waals surface area (Å²) in [5.74, 6) is 0.523. The highest BCUT2D eigenvalue weighted by Crippen LogP contribution is 2.33. The Morgan fingerprint density at radius 3 is 2.11 bits per heavy atom. The second kappa shape index (κ2) is 3.40. The Balaban J connectivity index is 0.000000640. The van der Waals surface area contributed by atoms with Gasteiger partial charge in [-0.1, -0.05) is 0 Å². The molecule has 56 valence electrons. The monoisotopic (exact) mass is 151 g/mol. The SMILES string of the molecule is C[C@@H](N)C(O)C1CC1.Cl. The Labute approximate surface area is 61.8 Å². The van der Waals surface area contributed by atoms with E-state index in [0.717, 1.165) is 0 Å². The van der Waals surface area contributed by atoms with E-state index in [-0.39, 0.29) is 24.6 Å². The largest absolute Gasteiger partial charge is 0.391 e. The van der Waals surface area contributed by atoms with Crippen LogP contribution in [0.4, 0.5) is 0 Å². The Morgan fingerprint density at radius 1 is 1.56 bits per heavy atom. The van der Waals surface area contributed by atoms with Crippen LogP contribution in [-0.4, -0.2) is 17.3 Å². The van der Waals surface area contributed by atoms with Crippen molar-refractivity contribution in [2.45, 2.75) is 31.9 Å². The summed E-state index contributed by atoms with van der Waals surface area (Å²) in [5.41, 5.74) is 5.43. The van der Waals surface area contributed by atoms with Crippen molar-refractivity contribution in [2.75, 3.05) is 0 Å². The highest BCUT2D eigenvalue weighted by Gasteiger charge is 2.31. The van der Waals surface area contributed by atoms with Gasteiger partial charge in [-0.3, -0.25) is 0 Å². The normalized spacial score (nSPS) is 24.3. The molecule has 2 nitrogen and oxygen atoms in total. The van der Waals surface area contributed by atoms with E-state index < -0.39 is 0 Å². The van der Waals surface area contributed by atoms with Crippen molar-refractivity contribution in [3.05, 3.63) is 0 Å². The van der Waals surface area contributed by atoms with Crippen molar-refractivity contribution >= 4 is 12.4 Å². The predicted molar refractivity (Wildman–Crippen MR) is 39.6 cm³/mol. The van der Waals surface area contributed by atoms with Crippen LogP contribution in [0.5, 0.6) is 0 Å². The summed E-state index contributed by atoms with van der Waals surface area (Å²) in [6.45, 7) is 1.85. The van der Waals surface area contributed by atoms with E-state index in [4.69, 9.17) is 10.8 Å². The lowest BCUT2D eigenvalue weighted by atomic mass is 10.1. The average molecular weight is 152 g/mol. The van der Waals surface area contributed by atoms with Crippen LogP contribution in [0.2, 0.25) is 0 Å². The molecule has 0 radical (unpaired) electrons. The molecule has 0 aromatic heterocycles. The zero-order valence-electron chi connectivity index (χ0n) is 5.58. The van der Waals surface area contributed by atoms with Gasteiger partial charge in [0.15, 0.2) is 0 Å². The Bertz CT molecular complexity index is 81.1. The summed E-state index contributed by atoms with van der Waals surface area (Å²) < 4.78 is 0. The minimum atomic E-state index is -0.241. The second-order valence-electron chi connectivity index (χ2n) is 2.69. The molecule has 1 aliphatic carbocycles. The minimum absolute atomic E-state index is 0. The summed E-state index contributed by atoms with van der Waals surface area (Å²) >= 11 is 0. The van der Waals surface area contributed by atoms with Crippen LogP contribution >= 0.6 is 12.4 Å². The molecular formula is C6H14ClNO. The molecule has 1 aliphatic rings. The van der Waals surface area contributed by atoms with Gasteiger partial charge in [-0.05, 0) is 25.7 Å². The molecule has 9 heavy (non-hydrogen) atoms. The highest BCUT2D eigenvalue weighted by atomic mass is 35.5. The van der Waals surface area contributed by atoms with E-state index in [1.165, 1.54) is 12.8 Å². The highest BCUT2D eigenvalue weighted by molar-refractivity contribution is 5.85. The molecule has 1 saturated carbocycles. The van der Waals surface area contributed by atoms with Gasteiger partial charge in [-0.25, -0.2) is 0 Å². The van der Waals surface area contributed by atoms with Gasteiger partial charge in [0.1, 0.15) is 0 Å². The fourth-order valence-corrected chi connectivity index (χ4v) is 0.867. The van der Waals surface area contributed by atoms with Crippen LogP contribution in [0.15, 0.2) is 0 Å². The van der Waals surface area contributed by atoms with Gasteiger partial charge < -0.3 is 10.8 Å². The molecule has 2 atom stereocenters. The number of aliphatic hydroxyl groups is 1. The Hall–Kier alpha value is 0.210. The van der Waals surface area contributed by atoms with E-state index in [0.29, 0.717) is 5.92 Å². The van der Waals surface area contributed by atoms with Gasteiger partial charge in [0.2, 0.25) is 0 Å². The predicted octanol–water partition coefficient (Wildman–Crippen LogP) is 0.526. The molecule has 1 fully saturated rings. The standard InChI is InChI=1S/C6H13NO.ClH/c1-4(7)6(8)5-2-3-5;/h4-6,8H,2-3,7H2,1H3;1H/t4-,6?;/m1./s1. The van der Waals surface area contributed by atoms with E-state index in [1.807, 2.05) is 6.92 Å². The molecule has 0 aliphatic heterocycles. The fraction of sp³-hybridized carbons (Fsp3) is 1.00. The summed E-state index contributed by atoms with van der Waals surface area (Å²) in [5, 5.41) is 9.14. The lowest BCUT2D eigenvalue weighted by Crippen LogP contribution is -2.32. The maximum Gasteiger partial charge on any atom is 0.0716 e. The first-order chi connectivity index (χ1) is 3.72. The zero-order chi connectivity index (χ0) is 6.15. The van der Waals surface area contributed by atoms with E-state index >= 15 is 0 Å². The van der Waals surface area contributed by atoms with E-state index in [9.17, 15) is 0 Å². The molecule has 3 heteroatoms. The van der Waals surface area contributed by atoms with Crippen LogP contribution in [0.3, 0.4) is 0 Å². The van der Waals surface area contributed by atoms with Crippen molar-refractivity contribution in [3.63, 3.8) is 0 Å². The number of aliphatic hydroxyl groups excluding tert-OH is 1. The van der Waals surface area contributed by atoms with Gasteiger partial charge >= 0.3 is 0 Å². The average Bonchev–Trinajstić information content (AvgIpc) is 2.43. The van der Waals surface area contributed by atoms with Gasteiger partial charge in [-0.2, -0.15) is 0 Å². The molecule has 1 unspecified atom stereocenters. The molecule has 0 amide bonds. The molecule has 0 aromatic carbocycles. The molecule has 0 aromatic rings. The third kappa shape index (κ3) is 2.52. The second-order valence-corrected chi connectivity index (χ2v) is 2.69.